The molecule has 1 aliphatic heterocycles. The topological polar surface area (TPSA) is 92.7 Å². The Bertz CT molecular complexity index is 1810. The van der Waals surface area contributed by atoms with Gasteiger partial charge in [0.25, 0.3) is 0 Å². The molecule has 2 aliphatic rings. The van der Waals surface area contributed by atoms with Crippen LogP contribution in [0.4, 0.5) is 0 Å². The molecule has 0 spiro atoms. The van der Waals surface area contributed by atoms with Crippen molar-refractivity contribution in [3.05, 3.63) is 95.3 Å². The summed E-state index contributed by atoms with van der Waals surface area (Å²) in [6.07, 6.45) is 4.87. The molecule has 1 aromatic heterocycles. The van der Waals surface area contributed by atoms with Crippen LogP contribution in [0.2, 0.25) is 0 Å². The number of rotatable bonds is 9. The number of carbonyl (C=O) groups is 1. The van der Waals surface area contributed by atoms with Crippen molar-refractivity contribution in [2.45, 2.75) is 76.5 Å². The predicted molar refractivity (Wildman–Crippen MR) is 178 cm³/mol. The lowest BCUT2D eigenvalue weighted by Gasteiger charge is -2.36. The average Bonchev–Trinajstić information content (AvgIpc) is 3.49. The summed E-state index contributed by atoms with van der Waals surface area (Å²) in [4.78, 5) is 13.9. The minimum absolute atomic E-state index is 0.0503. The summed E-state index contributed by atoms with van der Waals surface area (Å²) in [5, 5.41) is 8.55. The standard InChI is InChI=1S/C36H44N4O4S/c1-36(2,3)24-37-23-25-10-15-31-28(19-25)7-5-8-32(31)38-35(41)22-34-33-9-6-16-39(33)17-18-40(34)45(42,43)30-14-12-26-20-29(44-4)13-11-27(26)21-30/h6,9-16,19-21,32,34,37H,5,7-8,17-18,22-24H2,1-4H3,(H,38,41). The first-order chi connectivity index (χ1) is 21.5. The molecule has 0 saturated carbocycles. The van der Waals surface area contributed by atoms with Crippen molar-refractivity contribution in [1.29, 1.82) is 0 Å². The van der Waals surface area contributed by atoms with Gasteiger partial charge in [-0.1, -0.05) is 51.1 Å². The molecular formula is C36H44N4O4S. The second-order valence-corrected chi connectivity index (χ2v) is 15.4. The summed E-state index contributed by atoms with van der Waals surface area (Å²) in [5.74, 6) is 0.573. The molecule has 4 aromatic rings. The molecule has 3 aromatic carbocycles. The summed E-state index contributed by atoms with van der Waals surface area (Å²) in [7, 11) is -2.28. The number of amides is 1. The first kappa shape index (κ1) is 31.3. The van der Waals surface area contributed by atoms with Crippen LogP contribution in [-0.2, 0) is 34.3 Å². The highest BCUT2D eigenvalue weighted by Gasteiger charge is 2.38. The summed E-state index contributed by atoms with van der Waals surface area (Å²) < 4.78 is 37.2. The van der Waals surface area contributed by atoms with Crippen LogP contribution in [0.3, 0.4) is 0 Å². The summed E-state index contributed by atoms with van der Waals surface area (Å²) in [5.41, 5.74) is 4.76. The number of aromatic nitrogens is 1. The zero-order valence-electron chi connectivity index (χ0n) is 26.7. The van der Waals surface area contributed by atoms with E-state index in [0.717, 1.165) is 54.6 Å². The lowest BCUT2D eigenvalue weighted by atomic mass is 9.86. The molecular weight excluding hydrogens is 584 g/mol. The van der Waals surface area contributed by atoms with Crippen LogP contribution in [0.1, 0.15) is 74.5 Å². The van der Waals surface area contributed by atoms with Crippen LogP contribution >= 0.6 is 0 Å². The van der Waals surface area contributed by atoms with Gasteiger partial charge in [0.15, 0.2) is 0 Å². The van der Waals surface area contributed by atoms with E-state index in [-0.39, 0.29) is 28.7 Å². The minimum Gasteiger partial charge on any atom is -0.497 e. The molecule has 0 fully saturated rings. The highest BCUT2D eigenvalue weighted by Crippen LogP contribution is 2.36. The quantitative estimate of drug-likeness (QED) is 0.233. The Kier molecular flexibility index (Phi) is 8.78. The minimum atomic E-state index is -3.89. The molecule has 2 atom stereocenters. The lowest BCUT2D eigenvalue weighted by molar-refractivity contribution is -0.123. The first-order valence-electron chi connectivity index (χ1n) is 15.9. The lowest BCUT2D eigenvalue weighted by Crippen LogP contribution is -2.44. The Morgan fingerprint density at radius 3 is 2.60 bits per heavy atom. The molecule has 0 saturated heterocycles. The zero-order chi connectivity index (χ0) is 31.8. The van der Waals surface area contributed by atoms with E-state index in [1.54, 1.807) is 19.2 Å². The third-order valence-corrected chi connectivity index (χ3v) is 10.9. The number of sulfonamides is 1. The first-order valence-corrected chi connectivity index (χ1v) is 17.3. The van der Waals surface area contributed by atoms with Crippen LogP contribution in [0, 0.1) is 5.41 Å². The van der Waals surface area contributed by atoms with E-state index in [4.69, 9.17) is 4.74 Å². The van der Waals surface area contributed by atoms with E-state index in [1.807, 2.05) is 42.6 Å². The van der Waals surface area contributed by atoms with Gasteiger partial charge in [-0.15, -0.1) is 0 Å². The highest BCUT2D eigenvalue weighted by atomic mass is 32.2. The number of benzene rings is 3. The third kappa shape index (κ3) is 6.81. The van der Waals surface area contributed by atoms with Crippen molar-refractivity contribution < 1.29 is 17.9 Å². The van der Waals surface area contributed by atoms with E-state index in [0.29, 0.717) is 13.1 Å². The Labute approximate surface area is 266 Å². The monoisotopic (exact) mass is 628 g/mol. The summed E-state index contributed by atoms with van der Waals surface area (Å²) in [6, 6.07) is 20.5. The van der Waals surface area contributed by atoms with Gasteiger partial charge in [0, 0.05) is 44.5 Å². The Hall–Kier alpha value is -3.66. The second kappa shape index (κ2) is 12.6. The third-order valence-electron chi connectivity index (χ3n) is 8.96. The van der Waals surface area contributed by atoms with Gasteiger partial charge in [0.1, 0.15) is 5.75 Å². The molecule has 1 amide bonds. The average molecular weight is 629 g/mol. The SMILES string of the molecule is COc1ccc2cc(S(=O)(=O)N3CCn4cccc4C3CC(=O)NC3CCCc4cc(CNCC(C)(C)C)ccc43)ccc2c1. The number of aryl methyl sites for hydroxylation is 1. The predicted octanol–water partition coefficient (Wildman–Crippen LogP) is 6.12. The maximum absolute atomic E-state index is 14.1. The van der Waals surface area contributed by atoms with Crippen molar-refractivity contribution in [3.8, 4) is 5.75 Å². The van der Waals surface area contributed by atoms with Crippen LogP contribution in [0.15, 0.2) is 77.8 Å². The number of hydrogen-bond donors (Lipinski definition) is 2. The van der Waals surface area contributed by atoms with E-state index in [9.17, 15) is 13.2 Å². The van der Waals surface area contributed by atoms with Gasteiger partial charge in [-0.2, -0.15) is 4.31 Å². The number of carbonyl (C=O) groups excluding carboxylic acids is 1. The van der Waals surface area contributed by atoms with Gasteiger partial charge in [0.05, 0.1) is 24.1 Å². The van der Waals surface area contributed by atoms with Crippen molar-refractivity contribution in [3.63, 3.8) is 0 Å². The fraction of sp³-hybridized carbons (Fsp3) is 0.417. The van der Waals surface area contributed by atoms with Crippen molar-refractivity contribution >= 4 is 26.7 Å². The highest BCUT2D eigenvalue weighted by molar-refractivity contribution is 7.89. The Morgan fingerprint density at radius 1 is 1.00 bits per heavy atom. The van der Waals surface area contributed by atoms with Crippen LogP contribution in [0.5, 0.6) is 5.75 Å². The normalized spacial score (nSPS) is 18.8. The molecule has 1 aliphatic carbocycles. The summed E-state index contributed by atoms with van der Waals surface area (Å²) >= 11 is 0. The molecule has 45 heavy (non-hydrogen) atoms. The van der Waals surface area contributed by atoms with Gasteiger partial charge >= 0.3 is 0 Å². The largest absolute Gasteiger partial charge is 0.497 e. The number of fused-ring (bicyclic) bond motifs is 3. The second-order valence-electron chi connectivity index (χ2n) is 13.5. The smallest absolute Gasteiger partial charge is 0.243 e. The molecule has 8 nitrogen and oxygen atoms in total. The number of hydrogen-bond acceptors (Lipinski definition) is 5. The number of methoxy groups -OCH3 is 1. The van der Waals surface area contributed by atoms with Gasteiger partial charge in [0.2, 0.25) is 15.9 Å². The molecule has 0 bridgehead atoms. The number of ether oxygens (including phenoxy) is 1. The maximum Gasteiger partial charge on any atom is 0.243 e. The van der Waals surface area contributed by atoms with Crippen LogP contribution in [0.25, 0.3) is 10.8 Å². The molecule has 9 heteroatoms. The van der Waals surface area contributed by atoms with Crippen molar-refractivity contribution in [2.24, 2.45) is 5.41 Å². The van der Waals surface area contributed by atoms with Gasteiger partial charge < -0.3 is 19.9 Å². The molecule has 6 rings (SSSR count). The van der Waals surface area contributed by atoms with Crippen LogP contribution in [-0.4, -0.2) is 43.4 Å². The van der Waals surface area contributed by atoms with E-state index >= 15 is 0 Å². The van der Waals surface area contributed by atoms with E-state index < -0.39 is 16.1 Å². The Morgan fingerprint density at radius 2 is 1.80 bits per heavy atom. The fourth-order valence-electron chi connectivity index (χ4n) is 6.70. The van der Waals surface area contributed by atoms with Gasteiger partial charge in [-0.05, 0) is 88.5 Å². The molecule has 2 N–H and O–H groups in total. The van der Waals surface area contributed by atoms with Crippen LogP contribution < -0.4 is 15.4 Å². The van der Waals surface area contributed by atoms with Crippen molar-refractivity contribution in [1.82, 2.24) is 19.5 Å². The van der Waals surface area contributed by atoms with Gasteiger partial charge in [-0.25, -0.2) is 8.42 Å². The molecule has 0 radical (unpaired) electrons. The molecule has 2 heterocycles. The maximum atomic E-state index is 14.1. The molecule has 238 valence electrons. The van der Waals surface area contributed by atoms with E-state index in [2.05, 4.69) is 54.2 Å². The Balaban J connectivity index is 1.20. The van der Waals surface area contributed by atoms with E-state index in [1.165, 1.54) is 21.0 Å². The number of nitrogens with zero attached hydrogens (tertiary/aromatic N) is 2. The summed E-state index contributed by atoms with van der Waals surface area (Å²) in [6.45, 7) is 9.25. The zero-order valence-corrected chi connectivity index (χ0v) is 27.5. The fourth-order valence-corrected chi connectivity index (χ4v) is 8.33. The molecule has 2 unspecified atom stereocenters. The van der Waals surface area contributed by atoms with Crippen molar-refractivity contribution in [2.75, 3.05) is 20.2 Å². The van der Waals surface area contributed by atoms with Gasteiger partial charge in [-0.3, -0.25) is 4.79 Å². The number of nitrogens with one attached hydrogen (secondary N) is 2.